The Balaban J connectivity index is 2.19. The molecule has 2 heterocycles. The van der Waals surface area contributed by atoms with E-state index in [0.717, 1.165) is 31.6 Å². The molecule has 2 rings (SSSR count). The van der Waals surface area contributed by atoms with E-state index in [1.165, 1.54) is 0 Å². The van der Waals surface area contributed by atoms with Crippen LogP contribution < -0.4 is 5.73 Å². The van der Waals surface area contributed by atoms with Crippen molar-refractivity contribution >= 4 is 0 Å². The van der Waals surface area contributed by atoms with Crippen LogP contribution in [0, 0.1) is 0 Å². The van der Waals surface area contributed by atoms with Gasteiger partial charge in [-0.3, -0.25) is 4.68 Å². The highest BCUT2D eigenvalue weighted by atomic mass is 16.5. The molecule has 1 saturated heterocycles. The molecule has 4 heteroatoms. The van der Waals surface area contributed by atoms with Gasteiger partial charge in [0, 0.05) is 24.9 Å². The highest BCUT2D eigenvalue weighted by Gasteiger charge is 2.31. The lowest BCUT2D eigenvalue weighted by atomic mass is 9.88. The van der Waals surface area contributed by atoms with Gasteiger partial charge in [0.2, 0.25) is 0 Å². The van der Waals surface area contributed by atoms with Crippen LogP contribution in [0.15, 0.2) is 12.4 Å². The van der Waals surface area contributed by atoms with E-state index < -0.39 is 0 Å². The quantitative estimate of drug-likeness (QED) is 0.761. The largest absolute Gasteiger partial charge is 0.379 e. The molecule has 78 valence electrons. The molecule has 4 nitrogen and oxygen atoms in total. The average Bonchev–Trinajstić information content (AvgIpc) is 2.67. The fourth-order valence-electron chi connectivity index (χ4n) is 1.84. The van der Waals surface area contributed by atoms with Gasteiger partial charge in [-0.05, 0) is 19.8 Å². The topological polar surface area (TPSA) is 53.1 Å². The molecule has 0 bridgehead atoms. The number of ether oxygens (including phenoxy) is 1. The first-order valence-corrected chi connectivity index (χ1v) is 5.14. The van der Waals surface area contributed by atoms with Crippen molar-refractivity contribution in [3.8, 4) is 0 Å². The molecule has 1 aromatic rings. The molecule has 2 N–H and O–H groups in total. The van der Waals surface area contributed by atoms with E-state index in [9.17, 15) is 0 Å². The van der Waals surface area contributed by atoms with Gasteiger partial charge in [-0.25, -0.2) is 0 Å². The van der Waals surface area contributed by atoms with Crippen molar-refractivity contribution < 1.29 is 4.74 Å². The minimum Gasteiger partial charge on any atom is -0.379 e. The van der Waals surface area contributed by atoms with E-state index in [0.29, 0.717) is 6.61 Å². The summed E-state index contributed by atoms with van der Waals surface area (Å²) in [7, 11) is 0. The van der Waals surface area contributed by atoms with Crippen LogP contribution in [0.2, 0.25) is 0 Å². The lowest BCUT2D eigenvalue weighted by molar-refractivity contribution is 0.0366. The maximum Gasteiger partial charge on any atom is 0.0689 e. The molecule has 0 aliphatic carbocycles. The van der Waals surface area contributed by atoms with Gasteiger partial charge in [0.1, 0.15) is 0 Å². The van der Waals surface area contributed by atoms with Crippen molar-refractivity contribution in [1.29, 1.82) is 0 Å². The molecule has 1 atom stereocenters. The van der Waals surface area contributed by atoms with E-state index in [2.05, 4.69) is 12.0 Å². The standard InChI is InChI=1S/C10H17N3O/c1-2-13-7-9(6-12-13)10(11)4-3-5-14-8-10/h6-7H,2-5,8,11H2,1H3. The summed E-state index contributed by atoms with van der Waals surface area (Å²) < 4.78 is 7.32. The summed E-state index contributed by atoms with van der Waals surface area (Å²) in [4.78, 5) is 0. The lowest BCUT2D eigenvalue weighted by Crippen LogP contribution is -2.44. The van der Waals surface area contributed by atoms with Crippen molar-refractivity contribution in [3.05, 3.63) is 18.0 Å². The van der Waals surface area contributed by atoms with Gasteiger partial charge >= 0.3 is 0 Å². The first kappa shape index (κ1) is 9.68. The Morgan fingerprint density at radius 3 is 3.14 bits per heavy atom. The first-order valence-electron chi connectivity index (χ1n) is 5.14. The molecule has 0 amide bonds. The normalized spacial score (nSPS) is 27.9. The van der Waals surface area contributed by atoms with Crippen molar-refractivity contribution in [2.75, 3.05) is 13.2 Å². The maximum atomic E-state index is 6.27. The van der Waals surface area contributed by atoms with Gasteiger partial charge in [-0.2, -0.15) is 5.10 Å². The van der Waals surface area contributed by atoms with Gasteiger partial charge in [-0.15, -0.1) is 0 Å². The summed E-state index contributed by atoms with van der Waals surface area (Å²) in [6.07, 6.45) is 5.91. The van der Waals surface area contributed by atoms with Gasteiger partial charge in [0.15, 0.2) is 0 Å². The zero-order valence-electron chi connectivity index (χ0n) is 8.57. The Morgan fingerprint density at radius 1 is 1.71 bits per heavy atom. The van der Waals surface area contributed by atoms with Crippen LogP contribution in [-0.2, 0) is 16.8 Å². The Labute approximate surface area is 84.0 Å². The third-order valence-electron chi connectivity index (χ3n) is 2.80. The number of nitrogens with two attached hydrogens (primary N) is 1. The number of aromatic nitrogens is 2. The lowest BCUT2D eigenvalue weighted by Gasteiger charge is -2.32. The predicted molar refractivity (Wildman–Crippen MR) is 53.8 cm³/mol. The van der Waals surface area contributed by atoms with Crippen LogP contribution in [0.3, 0.4) is 0 Å². The minimum atomic E-state index is -0.314. The fraction of sp³-hybridized carbons (Fsp3) is 0.700. The number of hydrogen-bond acceptors (Lipinski definition) is 3. The van der Waals surface area contributed by atoms with Crippen LogP contribution >= 0.6 is 0 Å². The van der Waals surface area contributed by atoms with E-state index in [4.69, 9.17) is 10.5 Å². The molecule has 0 spiro atoms. The summed E-state index contributed by atoms with van der Waals surface area (Å²) in [5.74, 6) is 0. The number of nitrogens with zero attached hydrogens (tertiary/aromatic N) is 2. The fourth-order valence-corrected chi connectivity index (χ4v) is 1.84. The second kappa shape index (κ2) is 3.71. The smallest absolute Gasteiger partial charge is 0.0689 e. The molecular weight excluding hydrogens is 178 g/mol. The number of rotatable bonds is 2. The molecule has 14 heavy (non-hydrogen) atoms. The van der Waals surface area contributed by atoms with Crippen molar-refractivity contribution in [3.63, 3.8) is 0 Å². The van der Waals surface area contributed by atoms with Gasteiger partial charge in [0.05, 0.1) is 18.3 Å². The van der Waals surface area contributed by atoms with Crippen molar-refractivity contribution in [2.45, 2.75) is 31.8 Å². The maximum absolute atomic E-state index is 6.27. The Kier molecular flexibility index (Phi) is 2.56. The zero-order valence-corrected chi connectivity index (χ0v) is 8.57. The highest BCUT2D eigenvalue weighted by Crippen LogP contribution is 2.27. The summed E-state index contributed by atoms with van der Waals surface area (Å²) in [6.45, 7) is 4.40. The summed E-state index contributed by atoms with van der Waals surface area (Å²) in [6, 6.07) is 0. The van der Waals surface area contributed by atoms with Crippen molar-refractivity contribution in [1.82, 2.24) is 9.78 Å². The highest BCUT2D eigenvalue weighted by molar-refractivity contribution is 5.18. The predicted octanol–water partition coefficient (Wildman–Crippen LogP) is 0.867. The van der Waals surface area contributed by atoms with Crippen LogP contribution in [0.1, 0.15) is 25.3 Å². The third kappa shape index (κ3) is 1.67. The van der Waals surface area contributed by atoms with Crippen LogP contribution in [0.25, 0.3) is 0 Å². The van der Waals surface area contributed by atoms with E-state index in [-0.39, 0.29) is 5.54 Å². The van der Waals surface area contributed by atoms with Gasteiger partial charge in [0.25, 0.3) is 0 Å². The molecule has 0 saturated carbocycles. The third-order valence-corrected chi connectivity index (χ3v) is 2.80. The summed E-state index contributed by atoms with van der Waals surface area (Å²) >= 11 is 0. The molecular formula is C10H17N3O. The van der Waals surface area contributed by atoms with E-state index in [1.54, 1.807) is 0 Å². The SMILES string of the molecule is CCn1cc(C2(N)CCCOC2)cn1. The molecule has 0 radical (unpaired) electrons. The molecule has 1 aromatic heterocycles. The second-order valence-corrected chi connectivity index (χ2v) is 3.90. The minimum absolute atomic E-state index is 0.314. The van der Waals surface area contributed by atoms with Gasteiger partial charge < -0.3 is 10.5 Å². The number of aryl methyl sites for hydroxylation is 1. The summed E-state index contributed by atoms with van der Waals surface area (Å²) in [5, 5.41) is 4.24. The monoisotopic (exact) mass is 195 g/mol. The molecule has 0 aromatic carbocycles. The van der Waals surface area contributed by atoms with Crippen molar-refractivity contribution in [2.24, 2.45) is 5.73 Å². The van der Waals surface area contributed by atoms with Gasteiger partial charge in [-0.1, -0.05) is 0 Å². The zero-order chi connectivity index (χ0) is 10.0. The van der Waals surface area contributed by atoms with Crippen LogP contribution in [0.5, 0.6) is 0 Å². The Bertz CT molecular complexity index is 302. The van der Waals surface area contributed by atoms with E-state index in [1.807, 2.05) is 17.1 Å². The van der Waals surface area contributed by atoms with E-state index >= 15 is 0 Å². The summed E-state index contributed by atoms with van der Waals surface area (Å²) in [5.41, 5.74) is 7.05. The molecule has 1 aliphatic rings. The Hall–Kier alpha value is -0.870. The van der Waals surface area contributed by atoms with Crippen LogP contribution in [0.4, 0.5) is 0 Å². The first-order chi connectivity index (χ1) is 6.74. The van der Waals surface area contributed by atoms with Crippen LogP contribution in [-0.4, -0.2) is 23.0 Å². The molecule has 1 aliphatic heterocycles. The Morgan fingerprint density at radius 2 is 2.57 bits per heavy atom. The molecule has 1 fully saturated rings. The second-order valence-electron chi connectivity index (χ2n) is 3.90. The average molecular weight is 195 g/mol. The molecule has 1 unspecified atom stereocenters. The number of hydrogen-bond donors (Lipinski definition) is 1.